The molecule has 304 valence electrons. The molecule has 3 heterocycles. The van der Waals surface area contributed by atoms with Gasteiger partial charge in [0, 0.05) is 29.9 Å². The van der Waals surface area contributed by atoms with Crippen molar-refractivity contribution in [3.8, 4) is 17.0 Å². The number of esters is 1. The predicted octanol–water partition coefficient (Wildman–Crippen LogP) is 7.03. The molecule has 2 aliphatic carbocycles. The number of aromatic nitrogens is 1. The molecule has 4 bridgehead atoms. The lowest BCUT2D eigenvalue weighted by atomic mass is 9.77. The van der Waals surface area contributed by atoms with Crippen molar-refractivity contribution < 1.29 is 37.1 Å². The van der Waals surface area contributed by atoms with E-state index in [9.17, 15) is 27.6 Å². The molecular formula is C45H55N3O8S. The lowest BCUT2D eigenvalue weighted by molar-refractivity contribution is -0.153. The number of nitrogens with zero attached hydrogens (tertiary/aromatic N) is 2. The van der Waals surface area contributed by atoms with E-state index in [2.05, 4.69) is 30.4 Å². The Morgan fingerprint density at radius 3 is 2.47 bits per heavy atom. The molecule has 12 heteroatoms. The van der Waals surface area contributed by atoms with Crippen LogP contribution in [-0.4, -0.2) is 72.4 Å². The second-order valence-electron chi connectivity index (χ2n) is 17.7. The molecule has 2 aliphatic heterocycles. The lowest BCUT2D eigenvalue weighted by Gasteiger charge is -2.34. The zero-order valence-electron chi connectivity index (χ0n) is 33.6. The van der Waals surface area contributed by atoms with Gasteiger partial charge in [0.05, 0.1) is 53.4 Å². The first-order chi connectivity index (χ1) is 27.1. The maximum absolute atomic E-state index is 14.8. The maximum atomic E-state index is 14.8. The summed E-state index contributed by atoms with van der Waals surface area (Å²) in [6.07, 6.45) is 6.38. The molecule has 11 nitrogen and oxygen atoms in total. The van der Waals surface area contributed by atoms with E-state index in [4.69, 9.17) is 14.5 Å². The molecular weight excluding hydrogens is 743 g/mol. The molecule has 7 rings (SSSR count). The quantitative estimate of drug-likeness (QED) is 0.187. The van der Waals surface area contributed by atoms with Crippen molar-refractivity contribution in [3.63, 3.8) is 0 Å². The number of fused-ring (bicyclic) bond motifs is 3. The van der Waals surface area contributed by atoms with Gasteiger partial charge >= 0.3 is 5.97 Å². The van der Waals surface area contributed by atoms with Gasteiger partial charge in [-0.05, 0) is 80.0 Å². The third kappa shape index (κ3) is 8.81. The Hall–Kier alpha value is -4.58. The minimum atomic E-state index is -3.86. The van der Waals surface area contributed by atoms with E-state index in [1.54, 1.807) is 6.08 Å². The molecule has 1 saturated heterocycles. The fraction of sp³-hybridized carbons (Fsp3) is 0.533. The molecule has 3 aromatic rings. The van der Waals surface area contributed by atoms with Gasteiger partial charge in [0.15, 0.2) is 5.78 Å². The summed E-state index contributed by atoms with van der Waals surface area (Å²) in [5.41, 5.74) is 2.79. The van der Waals surface area contributed by atoms with E-state index in [0.717, 1.165) is 53.4 Å². The van der Waals surface area contributed by atoms with Crippen LogP contribution in [0.15, 0.2) is 61.2 Å². The number of ether oxygens (including phenoxy) is 2. The first-order valence-corrected chi connectivity index (χ1v) is 22.0. The van der Waals surface area contributed by atoms with Crippen LogP contribution in [0.5, 0.6) is 5.75 Å². The Balaban J connectivity index is 1.27. The maximum Gasteiger partial charge on any atom is 0.306 e. The van der Waals surface area contributed by atoms with E-state index in [1.165, 1.54) is 10.5 Å². The molecule has 0 radical (unpaired) electrons. The summed E-state index contributed by atoms with van der Waals surface area (Å²) >= 11 is 0. The third-order valence-corrected chi connectivity index (χ3v) is 14.2. The molecule has 3 fully saturated rings. The van der Waals surface area contributed by atoms with Crippen molar-refractivity contribution in [1.82, 2.24) is 14.6 Å². The number of aryl methyl sites for hydroxylation is 2. The van der Waals surface area contributed by atoms with Crippen LogP contribution < -0.4 is 9.46 Å². The number of amides is 2. The van der Waals surface area contributed by atoms with E-state index in [0.29, 0.717) is 25.0 Å². The zero-order valence-corrected chi connectivity index (χ0v) is 34.4. The number of benzene rings is 2. The van der Waals surface area contributed by atoms with E-state index in [1.807, 2.05) is 57.2 Å². The molecule has 5 atom stereocenters. The number of Topliss-reactive ketones (excluding diaryl/α,β-unsaturated/α-hetero) is 1. The molecule has 2 saturated carbocycles. The molecule has 2 aromatic carbocycles. The topological polar surface area (TPSA) is 149 Å². The van der Waals surface area contributed by atoms with Gasteiger partial charge in [0.2, 0.25) is 21.8 Å². The Morgan fingerprint density at radius 1 is 1.05 bits per heavy atom. The standard InChI is InChI=1S/C45H55N3O8S/c1-6-31-25-45(31,43(52)47-57(53,54)33-17-18-33)26-39(49)38-22-32-27-48(38)42(51)35(44(3,4)5)23-41(50)55-19-13-8-7-10-16-30-21-34-37(20-28(30)2)46-36(24-40(34)56-32)29-14-11-9-12-15-29/h6,9,11-12,14-15,20-21,24,31-33,35,38H,1,7-8,10,13,16-19,22-23,25-27H2,2-5H3,(H,47,52)/t31-,32-,35-,38+,45-/m1/s1. The van der Waals surface area contributed by atoms with Crippen LogP contribution in [0.25, 0.3) is 22.2 Å². The first kappa shape index (κ1) is 40.6. The fourth-order valence-corrected chi connectivity index (χ4v) is 9.97. The second kappa shape index (κ2) is 16.0. The molecule has 1 aromatic heterocycles. The van der Waals surface area contributed by atoms with Gasteiger partial charge in [-0.15, -0.1) is 6.58 Å². The van der Waals surface area contributed by atoms with Gasteiger partial charge in [0.1, 0.15) is 11.9 Å². The minimum absolute atomic E-state index is 0.0697. The summed E-state index contributed by atoms with van der Waals surface area (Å²) in [5.74, 6) is -2.50. The van der Waals surface area contributed by atoms with Crippen LogP contribution >= 0.6 is 0 Å². The number of rotatable bonds is 8. The van der Waals surface area contributed by atoms with Gasteiger partial charge < -0.3 is 14.4 Å². The van der Waals surface area contributed by atoms with E-state index < -0.39 is 62.0 Å². The number of hydrogen-bond acceptors (Lipinski definition) is 9. The van der Waals surface area contributed by atoms with Gasteiger partial charge in [-0.1, -0.05) is 70.0 Å². The van der Waals surface area contributed by atoms with Crippen LogP contribution in [0.2, 0.25) is 0 Å². The lowest BCUT2D eigenvalue weighted by Crippen LogP contribution is -2.48. The molecule has 0 spiro atoms. The normalized spacial score (nSPS) is 26.1. The van der Waals surface area contributed by atoms with Crippen molar-refractivity contribution in [3.05, 3.63) is 72.3 Å². The third-order valence-electron chi connectivity index (χ3n) is 12.4. The highest BCUT2D eigenvalue weighted by Crippen LogP contribution is 2.57. The Labute approximate surface area is 336 Å². The van der Waals surface area contributed by atoms with Crippen LogP contribution in [0.1, 0.15) is 96.1 Å². The molecule has 4 aliphatic rings. The van der Waals surface area contributed by atoms with E-state index in [-0.39, 0.29) is 50.5 Å². The van der Waals surface area contributed by atoms with Crippen molar-refractivity contribution in [1.29, 1.82) is 0 Å². The number of ketones is 1. The van der Waals surface area contributed by atoms with Crippen LogP contribution in [-0.2, 0) is 40.4 Å². The predicted molar refractivity (Wildman–Crippen MR) is 218 cm³/mol. The van der Waals surface area contributed by atoms with Crippen LogP contribution in [0.4, 0.5) is 0 Å². The van der Waals surface area contributed by atoms with Crippen LogP contribution in [0.3, 0.4) is 0 Å². The van der Waals surface area contributed by atoms with Gasteiger partial charge in [0.25, 0.3) is 0 Å². The number of carbonyl (C=O) groups is 4. The van der Waals surface area contributed by atoms with Crippen molar-refractivity contribution in [2.24, 2.45) is 22.7 Å². The molecule has 1 N–H and O–H groups in total. The average Bonchev–Trinajstić information content (AvgIpc) is 4.09. The Kier molecular flexibility index (Phi) is 11.4. The number of cyclic esters (lactones) is 1. The minimum Gasteiger partial charge on any atom is -0.488 e. The number of sulfonamides is 1. The monoisotopic (exact) mass is 797 g/mol. The highest BCUT2D eigenvalue weighted by molar-refractivity contribution is 7.90. The fourth-order valence-electron chi connectivity index (χ4n) is 8.58. The Bertz CT molecular complexity index is 2180. The SMILES string of the molecule is C=C[C@@H]1C[C@]1(CC(=O)[C@@H]1C[C@@H]2CN1C(=O)[C@H](C(C)(C)C)CC(=O)OCCCCCCc1cc3c(cc(-c4ccccc4)nc3cc1C)O2)C(=O)NS(=O)(=O)C1CC1. The van der Waals surface area contributed by atoms with Crippen molar-refractivity contribution in [2.45, 2.75) is 116 Å². The summed E-state index contributed by atoms with van der Waals surface area (Å²) in [7, 11) is -3.86. The summed E-state index contributed by atoms with van der Waals surface area (Å²) in [4.78, 5) is 62.9. The summed E-state index contributed by atoms with van der Waals surface area (Å²) in [6, 6.07) is 15.0. The van der Waals surface area contributed by atoms with Gasteiger partial charge in [-0.25, -0.2) is 13.4 Å². The number of allylic oxidation sites excluding steroid dienone is 1. The summed E-state index contributed by atoms with van der Waals surface area (Å²) in [5, 5.41) is 0.234. The van der Waals surface area contributed by atoms with Gasteiger partial charge in [-0.2, -0.15) is 0 Å². The highest BCUT2D eigenvalue weighted by Gasteiger charge is 2.61. The second-order valence-corrected chi connectivity index (χ2v) is 19.6. The summed E-state index contributed by atoms with van der Waals surface area (Å²) in [6.45, 7) is 12.0. The summed E-state index contributed by atoms with van der Waals surface area (Å²) < 4.78 is 40.5. The average molecular weight is 798 g/mol. The number of nitrogens with one attached hydrogen (secondary N) is 1. The zero-order chi connectivity index (χ0) is 40.7. The highest BCUT2D eigenvalue weighted by atomic mass is 32.2. The van der Waals surface area contributed by atoms with Crippen LogP contribution in [0, 0.1) is 29.6 Å². The largest absolute Gasteiger partial charge is 0.488 e. The van der Waals surface area contributed by atoms with Crippen molar-refractivity contribution in [2.75, 3.05) is 13.2 Å². The molecule has 0 unspecified atom stereocenters. The van der Waals surface area contributed by atoms with E-state index >= 15 is 0 Å². The smallest absolute Gasteiger partial charge is 0.306 e. The number of hydrogen-bond donors (Lipinski definition) is 1. The first-order valence-electron chi connectivity index (χ1n) is 20.4. The number of carbonyl (C=O) groups excluding carboxylic acids is 4. The van der Waals surface area contributed by atoms with Gasteiger partial charge in [-0.3, -0.25) is 23.9 Å². The molecule has 57 heavy (non-hydrogen) atoms. The number of pyridine rings is 1. The molecule has 2 amide bonds. The Morgan fingerprint density at radius 2 is 1.79 bits per heavy atom. The van der Waals surface area contributed by atoms with Crippen molar-refractivity contribution >= 4 is 44.5 Å².